The normalized spacial score (nSPS) is 10.2. The molecule has 0 aliphatic carbocycles. The molecule has 0 aromatic heterocycles. The van der Waals surface area contributed by atoms with E-state index in [0.29, 0.717) is 5.56 Å². The van der Waals surface area contributed by atoms with Crippen LogP contribution in [0.15, 0.2) is 29.2 Å². The molecule has 102 valence electrons. The van der Waals surface area contributed by atoms with Gasteiger partial charge in [-0.2, -0.15) is 0 Å². The van der Waals surface area contributed by atoms with Crippen molar-refractivity contribution in [3.8, 4) is 0 Å². The van der Waals surface area contributed by atoms with Crippen LogP contribution in [0.1, 0.15) is 25.8 Å². The average molecular weight is 293 g/mol. The second-order valence-corrected chi connectivity index (χ2v) is 6.11. The van der Waals surface area contributed by atoms with E-state index in [1.807, 2.05) is 0 Å². The van der Waals surface area contributed by atoms with E-state index in [1.165, 1.54) is 31.7 Å². The Labute approximate surface area is 112 Å². The summed E-state index contributed by atoms with van der Waals surface area (Å²) in [5, 5.41) is 0. The van der Waals surface area contributed by atoms with Gasteiger partial charge < -0.3 is 4.74 Å². The maximum atomic E-state index is 11.0. The lowest BCUT2D eigenvalue weighted by molar-refractivity contribution is -0.139. The summed E-state index contributed by atoms with van der Waals surface area (Å²) in [6.45, 7) is 4.25. The first kappa shape index (κ1) is 16.9. The van der Waals surface area contributed by atoms with Crippen LogP contribution in [0.2, 0.25) is 0 Å². The fourth-order valence-corrected chi connectivity index (χ4v) is 1.87. The van der Waals surface area contributed by atoms with Crippen LogP contribution in [0.3, 0.4) is 0 Å². The molecule has 0 aliphatic rings. The van der Waals surface area contributed by atoms with E-state index >= 15 is 0 Å². The molecule has 0 atom stereocenters. The largest absolute Gasteiger partial charge is 0.469 e. The molecule has 4 nitrogen and oxygen atoms in total. The molecule has 6 heteroatoms. The molecule has 0 radical (unpaired) electrons. The van der Waals surface area contributed by atoms with Crippen molar-refractivity contribution < 1.29 is 17.9 Å². The minimum absolute atomic E-state index is 0.0226. The number of hydrogen-bond donors (Lipinski definition) is 0. The SMILES string of the molecule is CCC.COC(=O)Cc1cccc(S(=O)(=O)Cl)c1. The Morgan fingerprint density at radius 3 is 2.33 bits per heavy atom. The molecule has 0 bridgehead atoms. The highest BCUT2D eigenvalue weighted by Gasteiger charge is 2.11. The van der Waals surface area contributed by atoms with E-state index in [1.54, 1.807) is 6.07 Å². The predicted molar refractivity (Wildman–Crippen MR) is 71.2 cm³/mol. The van der Waals surface area contributed by atoms with Crippen LogP contribution in [0, 0.1) is 0 Å². The van der Waals surface area contributed by atoms with Crippen molar-refractivity contribution in [1.82, 2.24) is 0 Å². The van der Waals surface area contributed by atoms with Crippen molar-refractivity contribution in [3.05, 3.63) is 29.8 Å². The second-order valence-electron chi connectivity index (χ2n) is 3.55. The summed E-state index contributed by atoms with van der Waals surface area (Å²) in [5.41, 5.74) is 0.545. The quantitative estimate of drug-likeness (QED) is 0.635. The van der Waals surface area contributed by atoms with Crippen LogP contribution >= 0.6 is 10.7 Å². The molecule has 1 aromatic rings. The van der Waals surface area contributed by atoms with Crippen LogP contribution in [-0.4, -0.2) is 21.5 Å². The monoisotopic (exact) mass is 292 g/mol. The second kappa shape index (κ2) is 8.11. The molecule has 0 N–H and O–H groups in total. The Balaban J connectivity index is 0.000000873. The molecule has 0 heterocycles. The zero-order chi connectivity index (χ0) is 14.2. The van der Waals surface area contributed by atoms with E-state index in [4.69, 9.17) is 10.7 Å². The predicted octanol–water partition coefficient (Wildman–Crippen LogP) is 2.75. The maximum absolute atomic E-state index is 11.0. The van der Waals surface area contributed by atoms with Crippen LogP contribution in [0.5, 0.6) is 0 Å². The number of esters is 1. The van der Waals surface area contributed by atoms with E-state index in [2.05, 4.69) is 18.6 Å². The summed E-state index contributed by atoms with van der Waals surface area (Å²) in [4.78, 5) is 10.9. The lowest BCUT2D eigenvalue weighted by Gasteiger charge is -2.01. The number of methoxy groups -OCH3 is 1. The van der Waals surface area contributed by atoms with Crippen molar-refractivity contribution in [2.75, 3.05) is 7.11 Å². The van der Waals surface area contributed by atoms with Gasteiger partial charge in [0.1, 0.15) is 0 Å². The van der Waals surface area contributed by atoms with Gasteiger partial charge in [-0.25, -0.2) is 8.42 Å². The van der Waals surface area contributed by atoms with Crippen LogP contribution in [-0.2, 0) is 25.0 Å². The number of rotatable bonds is 3. The molecule has 1 rings (SSSR count). The van der Waals surface area contributed by atoms with Gasteiger partial charge in [0.25, 0.3) is 9.05 Å². The van der Waals surface area contributed by atoms with Crippen molar-refractivity contribution in [2.45, 2.75) is 31.6 Å². The average Bonchev–Trinajstić information content (AvgIpc) is 2.29. The zero-order valence-electron chi connectivity index (χ0n) is 10.6. The summed E-state index contributed by atoms with van der Waals surface area (Å²) in [6, 6.07) is 5.86. The van der Waals surface area contributed by atoms with Crippen molar-refractivity contribution in [2.24, 2.45) is 0 Å². The molecular weight excluding hydrogens is 276 g/mol. The summed E-state index contributed by atoms with van der Waals surface area (Å²) >= 11 is 0. The first-order valence-electron chi connectivity index (χ1n) is 5.45. The number of benzene rings is 1. The Bertz CT molecular complexity index is 483. The molecule has 0 spiro atoms. The summed E-state index contributed by atoms with van der Waals surface area (Å²) in [6.07, 6.45) is 1.27. The third kappa shape index (κ3) is 6.61. The van der Waals surface area contributed by atoms with E-state index in [0.717, 1.165) is 0 Å². The maximum Gasteiger partial charge on any atom is 0.309 e. The van der Waals surface area contributed by atoms with Gasteiger partial charge in [-0.1, -0.05) is 32.4 Å². The van der Waals surface area contributed by atoms with E-state index < -0.39 is 15.0 Å². The van der Waals surface area contributed by atoms with Gasteiger partial charge in [0.2, 0.25) is 0 Å². The van der Waals surface area contributed by atoms with Gasteiger partial charge in [-0.3, -0.25) is 4.79 Å². The number of hydrogen-bond acceptors (Lipinski definition) is 4. The molecule has 0 aliphatic heterocycles. The molecule has 0 amide bonds. The highest BCUT2D eigenvalue weighted by molar-refractivity contribution is 8.13. The number of carbonyl (C=O) groups excluding carboxylic acids is 1. The Morgan fingerprint density at radius 2 is 1.89 bits per heavy atom. The van der Waals surface area contributed by atoms with Gasteiger partial charge in [0, 0.05) is 10.7 Å². The zero-order valence-corrected chi connectivity index (χ0v) is 12.2. The number of ether oxygens (including phenoxy) is 1. The van der Waals surface area contributed by atoms with Crippen LogP contribution in [0.25, 0.3) is 0 Å². The molecule has 0 saturated heterocycles. The van der Waals surface area contributed by atoms with Crippen molar-refractivity contribution in [3.63, 3.8) is 0 Å². The molecule has 0 fully saturated rings. The molecular formula is C12H17ClO4S. The van der Waals surface area contributed by atoms with Gasteiger partial charge in [-0.05, 0) is 17.7 Å². The number of halogens is 1. The third-order valence-corrected chi connectivity index (χ3v) is 3.11. The van der Waals surface area contributed by atoms with Crippen molar-refractivity contribution >= 4 is 25.7 Å². The Kier molecular flexibility index (Phi) is 7.62. The smallest absolute Gasteiger partial charge is 0.309 e. The Hall–Kier alpha value is -1.07. The first-order valence-corrected chi connectivity index (χ1v) is 7.76. The number of carbonyl (C=O) groups is 1. The van der Waals surface area contributed by atoms with Crippen LogP contribution < -0.4 is 0 Å². The lowest BCUT2D eigenvalue weighted by Crippen LogP contribution is -2.05. The van der Waals surface area contributed by atoms with Crippen molar-refractivity contribution in [1.29, 1.82) is 0 Å². The van der Waals surface area contributed by atoms with Gasteiger partial charge >= 0.3 is 5.97 Å². The van der Waals surface area contributed by atoms with Gasteiger partial charge in [0.15, 0.2) is 0 Å². The summed E-state index contributed by atoms with van der Waals surface area (Å²) < 4.78 is 26.4. The fraction of sp³-hybridized carbons (Fsp3) is 0.417. The van der Waals surface area contributed by atoms with E-state index in [-0.39, 0.29) is 11.3 Å². The van der Waals surface area contributed by atoms with Crippen LogP contribution in [0.4, 0.5) is 0 Å². The fourth-order valence-electron chi connectivity index (χ4n) is 1.05. The minimum atomic E-state index is -3.75. The van der Waals surface area contributed by atoms with E-state index in [9.17, 15) is 13.2 Å². The molecule has 1 aromatic carbocycles. The molecule has 0 unspecified atom stereocenters. The highest BCUT2D eigenvalue weighted by atomic mass is 35.7. The standard InChI is InChI=1S/C9H9ClO4S.C3H8/c1-14-9(11)6-7-3-2-4-8(5-7)15(10,12)13;1-3-2/h2-5H,6H2,1H3;3H2,1-2H3. The molecule has 0 saturated carbocycles. The third-order valence-electron chi connectivity index (χ3n) is 1.76. The van der Waals surface area contributed by atoms with Gasteiger partial charge in [0.05, 0.1) is 18.4 Å². The molecule has 18 heavy (non-hydrogen) atoms. The topological polar surface area (TPSA) is 60.4 Å². The summed E-state index contributed by atoms with van der Waals surface area (Å²) in [7, 11) is 2.68. The Morgan fingerprint density at radius 1 is 1.33 bits per heavy atom. The highest BCUT2D eigenvalue weighted by Crippen LogP contribution is 2.16. The summed E-state index contributed by atoms with van der Waals surface area (Å²) in [5.74, 6) is -0.431. The minimum Gasteiger partial charge on any atom is -0.469 e. The first-order chi connectivity index (χ1) is 8.35. The lowest BCUT2D eigenvalue weighted by atomic mass is 10.1. The van der Waals surface area contributed by atoms with Gasteiger partial charge in [-0.15, -0.1) is 0 Å².